The molecule has 1 aromatic rings. The summed E-state index contributed by atoms with van der Waals surface area (Å²) in [6.07, 6.45) is 3.84. The summed E-state index contributed by atoms with van der Waals surface area (Å²) in [6.45, 7) is 4.15. The first-order valence-electron chi connectivity index (χ1n) is 6.54. The molecule has 0 unspecified atom stereocenters. The molecule has 1 saturated heterocycles. The Morgan fingerprint density at radius 2 is 2.47 bits per heavy atom. The summed E-state index contributed by atoms with van der Waals surface area (Å²) < 4.78 is 0. The lowest BCUT2D eigenvalue weighted by atomic mass is 9.98. The lowest BCUT2D eigenvalue weighted by Gasteiger charge is -2.33. The molecular formula is C14H18N4O. The van der Waals surface area contributed by atoms with Gasteiger partial charge in [0.15, 0.2) is 0 Å². The number of rotatable bonds is 3. The molecule has 5 nitrogen and oxygen atoms in total. The Balaban J connectivity index is 1.96. The summed E-state index contributed by atoms with van der Waals surface area (Å²) >= 11 is 0. The number of nitrogens with one attached hydrogen (secondary N) is 1. The molecule has 1 aliphatic heterocycles. The van der Waals surface area contributed by atoms with Crippen molar-refractivity contribution < 1.29 is 4.79 Å². The van der Waals surface area contributed by atoms with Gasteiger partial charge in [-0.25, -0.2) is 4.98 Å². The van der Waals surface area contributed by atoms with Crippen LogP contribution in [0.3, 0.4) is 0 Å². The van der Waals surface area contributed by atoms with E-state index in [1.54, 1.807) is 19.2 Å². The second-order valence-corrected chi connectivity index (χ2v) is 4.91. The van der Waals surface area contributed by atoms with Crippen molar-refractivity contribution in [2.45, 2.75) is 19.8 Å². The molecule has 0 bridgehead atoms. The molecule has 100 valence electrons. The van der Waals surface area contributed by atoms with E-state index in [0.717, 1.165) is 38.3 Å². The Bertz CT molecular complexity index is 477. The highest BCUT2D eigenvalue weighted by atomic mass is 16.1. The van der Waals surface area contributed by atoms with Gasteiger partial charge in [0.05, 0.1) is 5.56 Å². The molecule has 0 aromatic carbocycles. The quantitative estimate of drug-likeness (QED) is 0.887. The van der Waals surface area contributed by atoms with E-state index in [9.17, 15) is 4.79 Å². The van der Waals surface area contributed by atoms with Gasteiger partial charge in [0.1, 0.15) is 11.9 Å². The number of carbonyl (C=O) groups excluding carboxylic acids is 1. The van der Waals surface area contributed by atoms with Gasteiger partial charge >= 0.3 is 0 Å². The second-order valence-electron chi connectivity index (χ2n) is 4.91. The molecule has 1 fully saturated rings. The maximum Gasteiger partial charge on any atom is 0.216 e. The predicted octanol–water partition coefficient (Wildman–Crippen LogP) is 1.31. The summed E-state index contributed by atoms with van der Waals surface area (Å²) in [4.78, 5) is 17.5. The van der Waals surface area contributed by atoms with Gasteiger partial charge in [0.25, 0.3) is 0 Å². The van der Waals surface area contributed by atoms with Crippen LogP contribution in [0.2, 0.25) is 0 Å². The first-order valence-corrected chi connectivity index (χ1v) is 6.54. The SMILES string of the molecule is CC(=O)NC[C@@H]1CCCN(c2ccc(C#N)cn2)C1. The first-order chi connectivity index (χ1) is 9.19. The topological polar surface area (TPSA) is 69.0 Å². The molecule has 1 aromatic heterocycles. The lowest BCUT2D eigenvalue weighted by Crippen LogP contribution is -2.40. The second kappa shape index (κ2) is 6.19. The predicted molar refractivity (Wildman–Crippen MR) is 72.6 cm³/mol. The van der Waals surface area contributed by atoms with Crippen LogP contribution < -0.4 is 10.2 Å². The van der Waals surface area contributed by atoms with Crippen LogP contribution in [-0.4, -0.2) is 30.5 Å². The van der Waals surface area contributed by atoms with E-state index in [4.69, 9.17) is 5.26 Å². The van der Waals surface area contributed by atoms with Crippen LogP contribution in [0.4, 0.5) is 5.82 Å². The molecule has 0 radical (unpaired) electrons. The average Bonchev–Trinajstić information content (AvgIpc) is 2.45. The molecule has 5 heteroatoms. The molecule has 1 aliphatic rings. The minimum absolute atomic E-state index is 0.0219. The third-order valence-corrected chi connectivity index (χ3v) is 3.36. The van der Waals surface area contributed by atoms with E-state index in [2.05, 4.69) is 21.3 Å². The minimum Gasteiger partial charge on any atom is -0.356 e. The lowest BCUT2D eigenvalue weighted by molar-refractivity contribution is -0.119. The summed E-state index contributed by atoms with van der Waals surface area (Å²) in [5.41, 5.74) is 0.579. The Morgan fingerprint density at radius 3 is 3.11 bits per heavy atom. The molecule has 0 saturated carbocycles. The molecule has 2 heterocycles. The van der Waals surface area contributed by atoms with Crippen molar-refractivity contribution in [1.29, 1.82) is 5.26 Å². The molecular weight excluding hydrogens is 240 g/mol. The average molecular weight is 258 g/mol. The normalized spacial score (nSPS) is 18.7. The van der Waals surface area contributed by atoms with Gasteiger partial charge in [-0.1, -0.05) is 0 Å². The number of carbonyl (C=O) groups is 1. The van der Waals surface area contributed by atoms with Gasteiger partial charge in [0, 0.05) is 32.8 Å². The number of hydrogen-bond acceptors (Lipinski definition) is 4. The highest BCUT2D eigenvalue weighted by Crippen LogP contribution is 2.21. The van der Waals surface area contributed by atoms with Crippen molar-refractivity contribution in [3.63, 3.8) is 0 Å². The Labute approximate surface area is 113 Å². The number of amides is 1. The van der Waals surface area contributed by atoms with Crippen LogP contribution in [0, 0.1) is 17.2 Å². The first kappa shape index (κ1) is 13.3. The standard InChI is InChI=1S/C14H18N4O/c1-11(19)16-9-13-3-2-6-18(10-13)14-5-4-12(7-15)8-17-14/h4-5,8,13H,2-3,6,9-10H2,1H3,(H,16,19)/t13-/m0/s1. The van der Waals surface area contributed by atoms with Gasteiger partial charge in [-0.2, -0.15) is 5.26 Å². The number of anilines is 1. The fourth-order valence-electron chi connectivity index (χ4n) is 2.37. The minimum atomic E-state index is 0.0219. The summed E-state index contributed by atoms with van der Waals surface area (Å²) in [5, 5.41) is 11.6. The van der Waals surface area contributed by atoms with E-state index < -0.39 is 0 Å². The van der Waals surface area contributed by atoms with Crippen LogP contribution >= 0.6 is 0 Å². The van der Waals surface area contributed by atoms with E-state index in [1.807, 2.05) is 6.07 Å². The third kappa shape index (κ3) is 3.68. The van der Waals surface area contributed by atoms with Crippen LogP contribution in [0.25, 0.3) is 0 Å². The fourth-order valence-corrected chi connectivity index (χ4v) is 2.37. The van der Waals surface area contributed by atoms with Crippen molar-refractivity contribution in [3.05, 3.63) is 23.9 Å². The van der Waals surface area contributed by atoms with Crippen molar-refractivity contribution >= 4 is 11.7 Å². The Morgan fingerprint density at radius 1 is 1.63 bits per heavy atom. The number of piperidine rings is 1. The van der Waals surface area contributed by atoms with Gasteiger partial charge in [0.2, 0.25) is 5.91 Å². The van der Waals surface area contributed by atoms with Gasteiger partial charge in [-0.05, 0) is 30.9 Å². The molecule has 1 N–H and O–H groups in total. The highest BCUT2D eigenvalue weighted by molar-refractivity contribution is 5.72. The molecule has 2 rings (SSSR count). The molecule has 19 heavy (non-hydrogen) atoms. The smallest absolute Gasteiger partial charge is 0.216 e. The van der Waals surface area contributed by atoms with Gasteiger partial charge < -0.3 is 10.2 Å². The summed E-state index contributed by atoms with van der Waals surface area (Å²) in [7, 11) is 0. The van der Waals surface area contributed by atoms with Crippen LogP contribution in [0.15, 0.2) is 18.3 Å². The Kier molecular flexibility index (Phi) is 4.35. The molecule has 0 spiro atoms. The fraction of sp³-hybridized carbons (Fsp3) is 0.500. The number of nitrogens with zero attached hydrogens (tertiary/aromatic N) is 3. The third-order valence-electron chi connectivity index (χ3n) is 3.36. The zero-order valence-electron chi connectivity index (χ0n) is 11.1. The van der Waals surface area contributed by atoms with Gasteiger partial charge in [-0.3, -0.25) is 4.79 Å². The van der Waals surface area contributed by atoms with Crippen molar-refractivity contribution in [3.8, 4) is 6.07 Å². The zero-order valence-corrected chi connectivity index (χ0v) is 11.1. The van der Waals surface area contributed by atoms with Crippen molar-refractivity contribution in [1.82, 2.24) is 10.3 Å². The maximum atomic E-state index is 10.9. The van der Waals surface area contributed by atoms with Crippen molar-refractivity contribution in [2.24, 2.45) is 5.92 Å². The van der Waals surface area contributed by atoms with E-state index >= 15 is 0 Å². The number of nitriles is 1. The number of aromatic nitrogens is 1. The maximum absolute atomic E-state index is 10.9. The summed E-state index contributed by atoms with van der Waals surface area (Å²) in [6, 6.07) is 5.75. The van der Waals surface area contributed by atoms with E-state index in [0.29, 0.717) is 11.5 Å². The highest BCUT2D eigenvalue weighted by Gasteiger charge is 2.20. The molecule has 1 atom stereocenters. The van der Waals surface area contributed by atoms with E-state index in [-0.39, 0.29) is 5.91 Å². The Hall–Kier alpha value is -2.09. The molecule has 0 aliphatic carbocycles. The van der Waals surface area contributed by atoms with Crippen LogP contribution in [-0.2, 0) is 4.79 Å². The van der Waals surface area contributed by atoms with Crippen molar-refractivity contribution in [2.75, 3.05) is 24.5 Å². The van der Waals surface area contributed by atoms with Gasteiger partial charge in [-0.15, -0.1) is 0 Å². The zero-order chi connectivity index (χ0) is 13.7. The van der Waals surface area contributed by atoms with E-state index in [1.165, 1.54) is 0 Å². The number of pyridine rings is 1. The molecule has 1 amide bonds. The van der Waals surface area contributed by atoms with Crippen LogP contribution in [0.5, 0.6) is 0 Å². The monoisotopic (exact) mass is 258 g/mol. The largest absolute Gasteiger partial charge is 0.356 e. The summed E-state index contributed by atoms with van der Waals surface area (Å²) in [5.74, 6) is 1.40. The van der Waals surface area contributed by atoms with Crippen LogP contribution in [0.1, 0.15) is 25.3 Å². The number of hydrogen-bond donors (Lipinski definition) is 1.